The Morgan fingerprint density at radius 1 is 1.13 bits per heavy atom. The lowest BCUT2D eigenvalue weighted by Crippen LogP contribution is -2.12. The maximum Gasteiger partial charge on any atom is 0.339 e. The molecule has 0 aliphatic carbocycles. The third kappa shape index (κ3) is 4.16. The normalized spacial score (nSPS) is 12.7. The third-order valence-corrected chi connectivity index (χ3v) is 4.59. The van der Waals surface area contributed by atoms with Crippen molar-refractivity contribution < 1.29 is 22.3 Å². The van der Waals surface area contributed by atoms with E-state index in [4.69, 9.17) is 4.74 Å². The lowest BCUT2D eigenvalue weighted by molar-refractivity contribution is 0.0336. The van der Waals surface area contributed by atoms with Crippen molar-refractivity contribution in [2.24, 2.45) is 0 Å². The molecule has 2 aromatic carbocycles. The van der Waals surface area contributed by atoms with Crippen molar-refractivity contribution in [3.63, 3.8) is 0 Å². The van der Waals surface area contributed by atoms with Crippen molar-refractivity contribution in [3.05, 3.63) is 65.0 Å². The fourth-order valence-corrected chi connectivity index (χ4v) is 2.72. The Hall–Kier alpha value is -2.21. The molecule has 0 aliphatic heterocycles. The lowest BCUT2D eigenvalue weighted by atomic mass is 10.1. The molecule has 0 spiro atoms. The van der Waals surface area contributed by atoms with Gasteiger partial charge in [0.2, 0.25) is 0 Å². The first-order chi connectivity index (χ1) is 10.7. The summed E-state index contributed by atoms with van der Waals surface area (Å²) in [7, 11) is -3.41. The van der Waals surface area contributed by atoms with Gasteiger partial charge >= 0.3 is 5.97 Å². The average Bonchev–Trinajstić information content (AvgIpc) is 2.46. The van der Waals surface area contributed by atoms with Gasteiger partial charge in [-0.2, -0.15) is 0 Å². The van der Waals surface area contributed by atoms with Crippen LogP contribution in [0.2, 0.25) is 0 Å². The van der Waals surface area contributed by atoms with E-state index in [1.165, 1.54) is 36.4 Å². The number of aryl methyl sites for hydroxylation is 1. The van der Waals surface area contributed by atoms with Crippen molar-refractivity contribution in [1.29, 1.82) is 0 Å². The molecule has 122 valence electrons. The molecule has 1 atom stereocenters. The van der Waals surface area contributed by atoms with Crippen LogP contribution in [0.3, 0.4) is 0 Å². The molecule has 0 N–H and O–H groups in total. The van der Waals surface area contributed by atoms with Crippen molar-refractivity contribution in [2.45, 2.75) is 24.8 Å². The first kappa shape index (κ1) is 17.1. The predicted octanol–water partition coefficient (Wildman–Crippen LogP) is 3.46. The molecule has 0 fully saturated rings. The summed E-state index contributed by atoms with van der Waals surface area (Å²) in [5.41, 5.74) is 1.47. The van der Waals surface area contributed by atoms with Crippen molar-refractivity contribution in [1.82, 2.24) is 0 Å². The Kier molecular flexibility index (Phi) is 4.85. The number of ether oxygens (including phenoxy) is 1. The highest BCUT2D eigenvalue weighted by Crippen LogP contribution is 2.22. The van der Waals surface area contributed by atoms with Gasteiger partial charge in [0.15, 0.2) is 9.84 Å². The molecule has 0 heterocycles. The van der Waals surface area contributed by atoms with E-state index in [2.05, 4.69) is 0 Å². The molecule has 0 radical (unpaired) electrons. The minimum Gasteiger partial charge on any atom is -0.454 e. The lowest BCUT2D eigenvalue weighted by Gasteiger charge is -2.15. The number of sulfone groups is 1. The summed E-state index contributed by atoms with van der Waals surface area (Å²) in [5, 5.41) is 0. The fourth-order valence-electron chi connectivity index (χ4n) is 2.08. The van der Waals surface area contributed by atoms with Gasteiger partial charge < -0.3 is 4.74 Å². The van der Waals surface area contributed by atoms with Crippen molar-refractivity contribution in [2.75, 3.05) is 6.26 Å². The number of halogens is 1. The maximum atomic E-state index is 12.9. The van der Waals surface area contributed by atoms with Gasteiger partial charge in [-0.25, -0.2) is 17.6 Å². The summed E-state index contributed by atoms with van der Waals surface area (Å²) in [5.74, 6) is -0.992. The number of hydrogen-bond acceptors (Lipinski definition) is 4. The standard InChI is InChI=1S/C17H17FO4S/c1-11-4-9-15(23(3,20)21)10-16(11)17(19)22-12(2)13-5-7-14(18)8-6-13/h4-10,12H,1-3H3. The molecule has 2 rings (SSSR count). The summed E-state index contributed by atoms with van der Waals surface area (Å²) in [6, 6.07) is 9.97. The summed E-state index contributed by atoms with van der Waals surface area (Å²) in [6.45, 7) is 3.37. The van der Waals surface area contributed by atoms with E-state index >= 15 is 0 Å². The van der Waals surface area contributed by atoms with Crippen LogP contribution in [-0.4, -0.2) is 20.6 Å². The number of benzene rings is 2. The quantitative estimate of drug-likeness (QED) is 0.802. The Morgan fingerprint density at radius 2 is 1.74 bits per heavy atom. The van der Waals surface area contributed by atoms with E-state index in [-0.39, 0.29) is 16.3 Å². The predicted molar refractivity (Wildman–Crippen MR) is 84.5 cm³/mol. The van der Waals surface area contributed by atoms with Crippen LogP contribution in [0.5, 0.6) is 0 Å². The monoisotopic (exact) mass is 336 g/mol. The smallest absolute Gasteiger partial charge is 0.339 e. The van der Waals surface area contributed by atoms with Crippen LogP contribution in [-0.2, 0) is 14.6 Å². The van der Waals surface area contributed by atoms with E-state index < -0.39 is 21.9 Å². The van der Waals surface area contributed by atoms with Crippen LogP contribution in [0.25, 0.3) is 0 Å². The van der Waals surface area contributed by atoms with E-state index in [0.29, 0.717) is 11.1 Å². The molecule has 0 saturated heterocycles. The van der Waals surface area contributed by atoms with Gasteiger partial charge in [-0.3, -0.25) is 0 Å². The molecular weight excluding hydrogens is 319 g/mol. The van der Waals surface area contributed by atoms with E-state index in [9.17, 15) is 17.6 Å². The SMILES string of the molecule is Cc1ccc(S(C)(=O)=O)cc1C(=O)OC(C)c1ccc(F)cc1. The van der Waals surface area contributed by atoms with E-state index in [0.717, 1.165) is 6.26 Å². The van der Waals surface area contributed by atoms with Crippen LogP contribution in [0.15, 0.2) is 47.4 Å². The van der Waals surface area contributed by atoms with Crippen LogP contribution >= 0.6 is 0 Å². The number of carbonyl (C=O) groups excluding carboxylic acids is 1. The highest BCUT2D eigenvalue weighted by Gasteiger charge is 2.18. The van der Waals surface area contributed by atoms with Gasteiger partial charge in [0.1, 0.15) is 11.9 Å². The second-order valence-corrected chi connectivity index (χ2v) is 7.36. The Balaban J connectivity index is 2.25. The third-order valence-electron chi connectivity index (χ3n) is 3.48. The molecular formula is C17H17FO4S. The van der Waals surface area contributed by atoms with E-state index in [1.54, 1.807) is 19.9 Å². The molecule has 0 bridgehead atoms. The van der Waals surface area contributed by atoms with Gasteiger partial charge in [0, 0.05) is 6.26 Å². The summed E-state index contributed by atoms with van der Waals surface area (Å²) >= 11 is 0. The Morgan fingerprint density at radius 3 is 2.30 bits per heavy atom. The second kappa shape index (κ2) is 6.50. The van der Waals surface area contributed by atoms with E-state index in [1.807, 2.05) is 0 Å². The number of esters is 1. The van der Waals surface area contributed by atoms with Gasteiger partial charge in [0.25, 0.3) is 0 Å². The first-order valence-corrected chi connectivity index (χ1v) is 8.85. The van der Waals surface area contributed by atoms with Gasteiger partial charge in [-0.05, 0) is 49.2 Å². The molecule has 0 saturated carbocycles. The highest BCUT2D eigenvalue weighted by atomic mass is 32.2. The zero-order valence-corrected chi connectivity index (χ0v) is 13.9. The van der Waals surface area contributed by atoms with Crippen LogP contribution in [0, 0.1) is 12.7 Å². The summed E-state index contributed by atoms with van der Waals surface area (Å²) in [6.07, 6.45) is 0.498. The molecule has 4 nitrogen and oxygen atoms in total. The number of carbonyl (C=O) groups is 1. The first-order valence-electron chi connectivity index (χ1n) is 6.95. The zero-order valence-electron chi connectivity index (χ0n) is 13.0. The highest BCUT2D eigenvalue weighted by molar-refractivity contribution is 7.90. The van der Waals surface area contributed by atoms with Gasteiger partial charge in [-0.15, -0.1) is 0 Å². The summed E-state index contributed by atoms with van der Waals surface area (Å²) < 4.78 is 41.5. The molecule has 6 heteroatoms. The molecule has 0 aromatic heterocycles. The molecule has 1 unspecified atom stereocenters. The Bertz CT molecular complexity index is 826. The average molecular weight is 336 g/mol. The summed E-state index contributed by atoms with van der Waals surface area (Å²) in [4.78, 5) is 12.4. The minimum absolute atomic E-state index is 0.0597. The molecule has 0 aliphatic rings. The largest absolute Gasteiger partial charge is 0.454 e. The Labute approximate surface area is 134 Å². The van der Waals surface area contributed by atoms with Crippen LogP contribution in [0.1, 0.15) is 34.5 Å². The van der Waals surface area contributed by atoms with Crippen LogP contribution < -0.4 is 0 Å². The van der Waals surface area contributed by atoms with Crippen LogP contribution in [0.4, 0.5) is 4.39 Å². The zero-order chi connectivity index (χ0) is 17.2. The van der Waals surface area contributed by atoms with Crippen molar-refractivity contribution in [3.8, 4) is 0 Å². The molecule has 23 heavy (non-hydrogen) atoms. The topological polar surface area (TPSA) is 60.4 Å². The maximum absolute atomic E-state index is 12.9. The van der Waals surface area contributed by atoms with Gasteiger partial charge in [-0.1, -0.05) is 18.2 Å². The fraction of sp³-hybridized carbons (Fsp3) is 0.235. The minimum atomic E-state index is -3.41. The van der Waals surface area contributed by atoms with Gasteiger partial charge in [0.05, 0.1) is 10.5 Å². The van der Waals surface area contributed by atoms with Crippen molar-refractivity contribution >= 4 is 15.8 Å². The molecule has 2 aromatic rings. The second-order valence-electron chi connectivity index (χ2n) is 5.35. The number of hydrogen-bond donors (Lipinski definition) is 0. The molecule has 0 amide bonds. The number of rotatable bonds is 4.